The summed E-state index contributed by atoms with van der Waals surface area (Å²) in [6.45, 7) is 4.24. The van der Waals surface area contributed by atoms with Crippen molar-refractivity contribution in [2.75, 3.05) is 24.5 Å². The number of nitrogens with zero attached hydrogens (tertiary/aromatic N) is 1. The highest BCUT2D eigenvalue weighted by Crippen LogP contribution is 2.30. The highest BCUT2D eigenvalue weighted by molar-refractivity contribution is 5.85. The average molecular weight is 408 g/mol. The van der Waals surface area contributed by atoms with E-state index in [1.54, 1.807) is 6.07 Å². The van der Waals surface area contributed by atoms with Crippen LogP contribution in [0.4, 0.5) is 10.1 Å². The van der Waals surface area contributed by atoms with Crippen molar-refractivity contribution < 1.29 is 14.3 Å². The van der Waals surface area contributed by atoms with Crippen LogP contribution in [0.15, 0.2) is 18.2 Å². The van der Waals surface area contributed by atoms with E-state index in [4.69, 9.17) is 0 Å². The van der Waals surface area contributed by atoms with Crippen molar-refractivity contribution in [3.63, 3.8) is 0 Å². The van der Waals surface area contributed by atoms with E-state index < -0.39 is 0 Å². The molecule has 1 aromatic rings. The molecule has 2 unspecified atom stereocenters. The van der Waals surface area contributed by atoms with Gasteiger partial charge in [-0.25, -0.2) is 4.39 Å². The summed E-state index contributed by atoms with van der Waals surface area (Å²) >= 11 is 0. The predicted molar refractivity (Wildman–Crippen MR) is 106 cm³/mol. The molecule has 0 bridgehead atoms. The van der Waals surface area contributed by atoms with Crippen LogP contribution >= 0.6 is 24.8 Å². The Labute approximate surface area is 166 Å². The van der Waals surface area contributed by atoms with E-state index >= 15 is 0 Å². The van der Waals surface area contributed by atoms with Crippen molar-refractivity contribution in [1.82, 2.24) is 10.6 Å². The minimum Gasteiger partial charge on any atom is -0.393 e. The van der Waals surface area contributed by atoms with E-state index in [9.17, 15) is 14.3 Å². The molecule has 2 aliphatic heterocycles. The maximum Gasteiger partial charge on any atom is 0.237 e. The summed E-state index contributed by atoms with van der Waals surface area (Å²) in [6.07, 6.45) is 3.02. The van der Waals surface area contributed by atoms with Gasteiger partial charge in [0.2, 0.25) is 5.91 Å². The zero-order valence-electron chi connectivity index (χ0n) is 14.9. The van der Waals surface area contributed by atoms with E-state index in [-0.39, 0.29) is 54.7 Å². The lowest BCUT2D eigenvalue weighted by Crippen LogP contribution is -2.42. The van der Waals surface area contributed by atoms with Crippen LogP contribution in [0.25, 0.3) is 0 Å². The van der Waals surface area contributed by atoms with Gasteiger partial charge in [0, 0.05) is 24.3 Å². The van der Waals surface area contributed by atoms with E-state index in [0.717, 1.165) is 43.7 Å². The Kier molecular flexibility index (Phi) is 9.10. The summed E-state index contributed by atoms with van der Waals surface area (Å²) in [4.78, 5) is 14.5. The second kappa shape index (κ2) is 10.3. The number of carbonyl (C=O) groups is 1. The molecular formula is C18H28Cl2FN3O2. The van der Waals surface area contributed by atoms with Gasteiger partial charge in [-0.2, -0.15) is 0 Å². The van der Waals surface area contributed by atoms with Crippen LogP contribution in [0.3, 0.4) is 0 Å². The Hall–Kier alpha value is -1.08. The molecule has 0 radical (unpaired) electrons. The van der Waals surface area contributed by atoms with Gasteiger partial charge < -0.3 is 20.6 Å². The summed E-state index contributed by atoms with van der Waals surface area (Å²) in [5.41, 5.74) is 1.73. The number of carbonyl (C=O) groups excluding carboxylic acids is 1. The molecule has 3 N–H and O–H groups in total. The maximum atomic E-state index is 13.8. The number of rotatable bonds is 4. The maximum absolute atomic E-state index is 13.8. The average Bonchev–Trinajstić information content (AvgIpc) is 3.10. The number of piperidine rings is 1. The molecule has 148 valence electrons. The molecule has 2 heterocycles. The van der Waals surface area contributed by atoms with Crippen molar-refractivity contribution in [3.8, 4) is 0 Å². The minimum absolute atomic E-state index is 0. The molecule has 26 heavy (non-hydrogen) atoms. The van der Waals surface area contributed by atoms with Crippen LogP contribution in [0.1, 0.15) is 44.2 Å². The standard InChI is InChI=1S/C18H26FN3O2.2ClH/c1-12(21-18(24)16-3-2-8-20-16)15-11-13(19)4-5-17(15)22-9-6-14(23)7-10-22;;/h4-5,11-12,14,16,20,23H,2-3,6-10H2,1H3,(H,21,24);2*1H. The topological polar surface area (TPSA) is 64.6 Å². The van der Waals surface area contributed by atoms with Crippen LogP contribution in [-0.2, 0) is 4.79 Å². The molecule has 0 spiro atoms. The smallest absolute Gasteiger partial charge is 0.237 e. The van der Waals surface area contributed by atoms with Gasteiger partial charge in [0.25, 0.3) is 0 Å². The summed E-state index contributed by atoms with van der Waals surface area (Å²) in [6, 6.07) is 4.33. The van der Waals surface area contributed by atoms with Crippen LogP contribution < -0.4 is 15.5 Å². The first-order valence-electron chi connectivity index (χ1n) is 8.81. The number of hydrogen-bond donors (Lipinski definition) is 3. The molecule has 8 heteroatoms. The molecule has 0 saturated carbocycles. The van der Waals surface area contributed by atoms with Gasteiger partial charge in [-0.05, 0) is 57.4 Å². The SMILES string of the molecule is CC(NC(=O)C1CCCN1)c1cc(F)ccc1N1CCC(O)CC1.Cl.Cl. The third-order valence-electron chi connectivity index (χ3n) is 5.00. The number of anilines is 1. The van der Waals surface area contributed by atoms with Crippen molar-refractivity contribution in [1.29, 1.82) is 0 Å². The van der Waals surface area contributed by atoms with E-state index in [1.165, 1.54) is 12.1 Å². The quantitative estimate of drug-likeness (QED) is 0.717. The van der Waals surface area contributed by atoms with E-state index in [1.807, 2.05) is 6.92 Å². The number of aliphatic hydroxyl groups excluding tert-OH is 1. The van der Waals surface area contributed by atoms with Crippen LogP contribution in [0.2, 0.25) is 0 Å². The summed E-state index contributed by atoms with van der Waals surface area (Å²) < 4.78 is 13.8. The fraction of sp³-hybridized carbons (Fsp3) is 0.611. The highest BCUT2D eigenvalue weighted by Gasteiger charge is 2.26. The van der Waals surface area contributed by atoms with Gasteiger partial charge in [0.05, 0.1) is 18.2 Å². The lowest BCUT2D eigenvalue weighted by Gasteiger charge is -2.34. The van der Waals surface area contributed by atoms with E-state index in [0.29, 0.717) is 12.8 Å². The Bertz CT molecular complexity index is 592. The molecule has 1 amide bonds. The van der Waals surface area contributed by atoms with E-state index in [2.05, 4.69) is 15.5 Å². The third kappa shape index (κ3) is 5.46. The predicted octanol–water partition coefficient (Wildman–Crippen LogP) is 2.56. The molecule has 0 aromatic heterocycles. The number of aliphatic hydroxyl groups is 1. The first-order valence-corrected chi connectivity index (χ1v) is 8.81. The molecule has 1 aromatic carbocycles. The Morgan fingerprint density at radius 3 is 2.62 bits per heavy atom. The largest absolute Gasteiger partial charge is 0.393 e. The number of nitrogens with one attached hydrogen (secondary N) is 2. The Morgan fingerprint density at radius 1 is 1.31 bits per heavy atom. The van der Waals surface area contributed by atoms with Gasteiger partial charge >= 0.3 is 0 Å². The molecule has 2 fully saturated rings. The number of hydrogen-bond acceptors (Lipinski definition) is 4. The van der Waals surface area contributed by atoms with Gasteiger partial charge in [0.15, 0.2) is 0 Å². The van der Waals surface area contributed by atoms with Gasteiger partial charge in [-0.15, -0.1) is 24.8 Å². The summed E-state index contributed by atoms with van der Waals surface area (Å²) in [5.74, 6) is -0.324. The first-order chi connectivity index (χ1) is 11.5. The first kappa shape index (κ1) is 23.0. The summed E-state index contributed by atoms with van der Waals surface area (Å²) in [7, 11) is 0. The molecule has 2 saturated heterocycles. The highest BCUT2D eigenvalue weighted by atomic mass is 35.5. The minimum atomic E-state index is -0.300. The third-order valence-corrected chi connectivity index (χ3v) is 5.00. The fourth-order valence-corrected chi connectivity index (χ4v) is 3.57. The van der Waals surface area contributed by atoms with Crippen molar-refractivity contribution in [2.45, 2.75) is 50.8 Å². The number of amides is 1. The van der Waals surface area contributed by atoms with Crippen molar-refractivity contribution >= 4 is 36.4 Å². The van der Waals surface area contributed by atoms with Crippen molar-refractivity contribution in [3.05, 3.63) is 29.6 Å². The van der Waals surface area contributed by atoms with Crippen LogP contribution in [0, 0.1) is 5.82 Å². The molecule has 0 aliphatic carbocycles. The van der Waals surface area contributed by atoms with Gasteiger partial charge in [-0.1, -0.05) is 0 Å². The van der Waals surface area contributed by atoms with Crippen LogP contribution in [0.5, 0.6) is 0 Å². The molecule has 3 rings (SSSR count). The molecule has 5 nitrogen and oxygen atoms in total. The molecule has 2 aliphatic rings. The number of benzene rings is 1. The van der Waals surface area contributed by atoms with Gasteiger partial charge in [0.1, 0.15) is 5.82 Å². The Balaban J connectivity index is 0.00000169. The molecule has 2 atom stereocenters. The van der Waals surface area contributed by atoms with Crippen LogP contribution in [-0.4, -0.2) is 42.8 Å². The second-order valence-electron chi connectivity index (χ2n) is 6.80. The summed E-state index contributed by atoms with van der Waals surface area (Å²) in [5, 5.41) is 15.9. The lowest BCUT2D eigenvalue weighted by atomic mass is 10.0. The van der Waals surface area contributed by atoms with Gasteiger partial charge in [-0.3, -0.25) is 4.79 Å². The zero-order valence-corrected chi connectivity index (χ0v) is 16.5. The van der Waals surface area contributed by atoms with Crippen molar-refractivity contribution in [2.24, 2.45) is 0 Å². The molecular weight excluding hydrogens is 380 g/mol. The second-order valence-corrected chi connectivity index (χ2v) is 6.80. The monoisotopic (exact) mass is 407 g/mol. The zero-order chi connectivity index (χ0) is 17.1. The fourth-order valence-electron chi connectivity index (χ4n) is 3.57. The normalized spacial score (nSPS) is 21.5. The Morgan fingerprint density at radius 2 is 2.00 bits per heavy atom. The lowest BCUT2D eigenvalue weighted by molar-refractivity contribution is -0.123. The number of halogens is 3.